The summed E-state index contributed by atoms with van der Waals surface area (Å²) in [7, 11) is 0. The first kappa shape index (κ1) is 10.5. The fourth-order valence-corrected chi connectivity index (χ4v) is 3.89. The van der Waals surface area contributed by atoms with Gasteiger partial charge in [0.1, 0.15) is 0 Å². The van der Waals surface area contributed by atoms with Crippen LogP contribution in [-0.2, 0) is 0 Å². The van der Waals surface area contributed by atoms with E-state index in [1.807, 2.05) is 0 Å². The summed E-state index contributed by atoms with van der Waals surface area (Å²) in [4.78, 5) is 0. The maximum atomic E-state index is 3.63. The molecule has 14 heavy (non-hydrogen) atoms. The largest absolute Gasteiger partial charge is 0.316 e. The number of rotatable bonds is 1. The van der Waals surface area contributed by atoms with Crippen LogP contribution in [0.2, 0.25) is 0 Å². The highest BCUT2D eigenvalue weighted by Crippen LogP contribution is 2.48. The Morgan fingerprint density at radius 1 is 1.14 bits per heavy atom. The van der Waals surface area contributed by atoms with Gasteiger partial charge in [-0.2, -0.15) is 0 Å². The van der Waals surface area contributed by atoms with Gasteiger partial charge in [0.2, 0.25) is 0 Å². The Balaban J connectivity index is 2.10. The molecule has 0 aromatic heterocycles. The van der Waals surface area contributed by atoms with Crippen LogP contribution in [0.15, 0.2) is 0 Å². The quantitative estimate of drug-likeness (QED) is 0.677. The van der Waals surface area contributed by atoms with Gasteiger partial charge in [0.25, 0.3) is 0 Å². The Morgan fingerprint density at radius 3 is 2.57 bits per heavy atom. The third kappa shape index (κ3) is 1.84. The Kier molecular flexibility index (Phi) is 3.16. The highest BCUT2D eigenvalue weighted by Gasteiger charge is 2.42. The molecule has 1 heteroatoms. The average Bonchev–Trinajstić information content (AvgIpc) is 2.19. The number of nitrogens with one attached hydrogen (secondary N) is 1. The molecular formula is C13H25N. The smallest absolute Gasteiger partial charge is 0.00106 e. The summed E-state index contributed by atoms with van der Waals surface area (Å²) in [5.41, 5.74) is 0.685. The normalized spacial score (nSPS) is 39.2. The van der Waals surface area contributed by atoms with Gasteiger partial charge in [-0.05, 0) is 49.5 Å². The van der Waals surface area contributed by atoms with E-state index < -0.39 is 0 Å². The minimum absolute atomic E-state index is 0.685. The van der Waals surface area contributed by atoms with Crippen LogP contribution in [0.4, 0.5) is 0 Å². The minimum atomic E-state index is 0.685. The molecule has 2 unspecified atom stereocenters. The van der Waals surface area contributed by atoms with Crippen molar-refractivity contribution in [2.75, 3.05) is 13.1 Å². The van der Waals surface area contributed by atoms with Crippen LogP contribution in [0.3, 0.4) is 0 Å². The van der Waals surface area contributed by atoms with Gasteiger partial charge < -0.3 is 5.32 Å². The molecule has 2 aliphatic rings. The standard InChI is InChI=1S/C13H25N/c1-11(2)12-6-3-4-7-13(12)8-5-9-14-10-13/h11-12,14H,3-10H2,1-2H3. The summed E-state index contributed by atoms with van der Waals surface area (Å²) >= 11 is 0. The summed E-state index contributed by atoms with van der Waals surface area (Å²) in [6.07, 6.45) is 8.82. The lowest BCUT2D eigenvalue weighted by atomic mass is 9.59. The van der Waals surface area contributed by atoms with E-state index >= 15 is 0 Å². The fourth-order valence-electron chi connectivity index (χ4n) is 3.89. The predicted octanol–water partition coefficient (Wildman–Crippen LogP) is 3.20. The monoisotopic (exact) mass is 195 g/mol. The van der Waals surface area contributed by atoms with Crippen molar-refractivity contribution >= 4 is 0 Å². The summed E-state index contributed by atoms with van der Waals surface area (Å²) < 4.78 is 0. The van der Waals surface area contributed by atoms with Crippen LogP contribution in [0, 0.1) is 17.3 Å². The van der Waals surface area contributed by atoms with Crippen molar-refractivity contribution in [1.82, 2.24) is 5.32 Å². The number of hydrogen-bond acceptors (Lipinski definition) is 1. The van der Waals surface area contributed by atoms with Crippen LogP contribution >= 0.6 is 0 Å². The van der Waals surface area contributed by atoms with Crippen molar-refractivity contribution in [3.63, 3.8) is 0 Å². The van der Waals surface area contributed by atoms with E-state index in [1.165, 1.54) is 51.6 Å². The summed E-state index contributed by atoms with van der Waals surface area (Å²) in [5.74, 6) is 1.87. The van der Waals surface area contributed by atoms with Crippen LogP contribution < -0.4 is 5.32 Å². The molecule has 0 bridgehead atoms. The first-order chi connectivity index (χ1) is 6.75. The molecule has 1 spiro atoms. The topological polar surface area (TPSA) is 12.0 Å². The average molecular weight is 195 g/mol. The van der Waals surface area contributed by atoms with E-state index in [0.717, 1.165) is 11.8 Å². The van der Waals surface area contributed by atoms with Crippen LogP contribution in [-0.4, -0.2) is 13.1 Å². The van der Waals surface area contributed by atoms with Crippen LogP contribution in [0.5, 0.6) is 0 Å². The molecule has 1 N–H and O–H groups in total. The molecule has 2 atom stereocenters. The molecule has 1 saturated heterocycles. The SMILES string of the molecule is CC(C)C1CCCCC12CCCNC2. The second-order valence-corrected chi connectivity index (χ2v) is 5.74. The molecule has 1 saturated carbocycles. The molecular weight excluding hydrogens is 170 g/mol. The zero-order valence-electron chi connectivity index (χ0n) is 9.81. The van der Waals surface area contributed by atoms with Crippen molar-refractivity contribution < 1.29 is 0 Å². The van der Waals surface area contributed by atoms with E-state index in [2.05, 4.69) is 19.2 Å². The van der Waals surface area contributed by atoms with E-state index in [4.69, 9.17) is 0 Å². The van der Waals surface area contributed by atoms with Gasteiger partial charge in [-0.15, -0.1) is 0 Å². The van der Waals surface area contributed by atoms with Gasteiger partial charge in [-0.3, -0.25) is 0 Å². The van der Waals surface area contributed by atoms with Crippen molar-refractivity contribution in [3.05, 3.63) is 0 Å². The summed E-state index contributed by atoms with van der Waals surface area (Å²) in [6, 6.07) is 0. The van der Waals surface area contributed by atoms with Gasteiger partial charge in [0, 0.05) is 6.54 Å². The zero-order chi connectivity index (χ0) is 10.0. The fraction of sp³-hybridized carbons (Fsp3) is 1.00. The van der Waals surface area contributed by atoms with Crippen molar-refractivity contribution in [1.29, 1.82) is 0 Å². The maximum absolute atomic E-state index is 3.63. The molecule has 0 amide bonds. The molecule has 0 aromatic carbocycles. The lowest BCUT2D eigenvalue weighted by molar-refractivity contribution is 0.0324. The molecule has 0 aromatic rings. The first-order valence-corrected chi connectivity index (χ1v) is 6.45. The van der Waals surface area contributed by atoms with Crippen molar-refractivity contribution in [2.45, 2.75) is 52.4 Å². The van der Waals surface area contributed by atoms with Crippen molar-refractivity contribution in [3.8, 4) is 0 Å². The lowest BCUT2D eigenvalue weighted by Gasteiger charge is -2.49. The Labute approximate surface area is 88.7 Å². The third-order valence-electron chi connectivity index (χ3n) is 4.54. The van der Waals surface area contributed by atoms with E-state index in [1.54, 1.807) is 0 Å². The third-order valence-corrected chi connectivity index (χ3v) is 4.54. The Bertz CT molecular complexity index is 171. The molecule has 1 heterocycles. The van der Waals surface area contributed by atoms with Gasteiger partial charge >= 0.3 is 0 Å². The van der Waals surface area contributed by atoms with Gasteiger partial charge in [0.05, 0.1) is 0 Å². The molecule has 0 radical (unpaired) electrons. The highest BCUT2D eigenvalue weighted by molar-refractivity contribution is 4.94. The van der Waals surface area contributed by atoms with Crippen molar-refractivity contribution in [2.24, 2.45) is 17.3 Å². The van der Waals surface area contributed by atoms with E-state index in [9.17, 15) is 0 Å². The van der Waals surface area contributed by atoms with Gasteiger partial charge in [0.15, 0.2) is 0 Å². The second kappa shape index (κ2) is 4.22. The van der Waals surface area contributed by atoms with E-state index in [0.29, 0.717) is 5.41 Å². The summed E-state index contributed by atoms with van der Waals surface area (Å²) in [6.45, 7) is 7.40. The summed E-state index contributed by atoms with van der Waals surface area (Å²) in [5, 5.41) is 3.63. The van der Waals surface area contributed by atoms with E-state index in [-0.39, 0.29) is 0 Å². The first-order valence-electron chi connectivity index (χ1n) is 6.45. The van der Waals surface area contributed by atoms with Gasteiger partial charge in [-0.25, -0.2) is 0 Å². The zero-order valence-corrected chi connectivity index (χ0v) is 9.81. The molecule has 1 aliphatic carbocycles. The minimum Gasteiger partial charge on any atom is -0.316 e. The van der Waals surface area contributed by atoms with Crippen LogP contribution in [0.25, 0.3) is 0 Å². The Morgan fingerprint density at radius 2 is 1.93 bits per heavy atom. The number of hydrogen-bond donors (Lipinski definition) is 1. The lowest BCUT2D eigenvalue weighted by Crippen LogP contribution is -2.48. The second-order valence-electron chi connectivity index (χ2n) is 5.74. The highest BCUT2D eigenvalue weighted by atomic mass is 14.9. The molecule has 2 fully saturated rings. The number of piperidine rings is 1. The van der Waals surface area contributed by atoms with Gasteiger partial charge in [-0.1, -0.05) is 26.7 Å². The van der Waals surface area contributed by atoms with Crippen LogP contribution in [0.1, 0.15) is 52.4 Å². The molecule has 82 valence electrons. The molecule has 1 nitrogen and oxygen atoms in total. The molecule has 2 rings (SSSR count). The maximum Gasteiger partial charge on any atom is 0.00106 e. The molecule has 1 aliphatic heterocycles. The Hall–Kier alpha value is -0.0400. The predicted molar refractivity (Wildman–Crippen MR) is 61.3 cm³/mol.